The lowest BCUT2D eigenvalue weighted by Gasteiger charge is -2.28. The molecule has 126 valence electrons. The zero-order valence-electron chi connectivity index (χ0n) is 13.6. The van der Waals surface area contributed by atoms with Crippen molar-refractivity contribution in [3.63, 3.8) is 0 Å². The normalized spacial score (nSPS) is 24.1. The van der Waals surface area contributed by atoms with Gasteiger partial charge in [-0.15, -0.1) is 0 Å². The first-order valence-electron chi connectivity index (χ1n) is 7.51. The Morgan fingerprint density at radius 3 is 2.33 bits per heavy atom. The summed E-state index contributed by atoms with van der Waals surface area (Å²) in [6.07, 6.45) is 3.31. The van der Waals surface area contributed by atoms with Gasteiger partial charge in [-0.2, -0.15) is 0 Å². The smallest absolute Gasteiger partial charge is 0.150 e. The molecule has 0 radical (unpaired) electrons. The van der Waals surface area contributed by atoms with E-state index in [4.69, 9.17) is 0 Å². The van der Waals surface area contributed by atoms with Crippen molar-refractivity contribution in [1.82, 2.24) is 5.32 Å². The molecule has 5 nitrogen and oxygen atoms in total. The van der Waals surface area contributed by atoms with E-state index in [1.807, 2.05) is 0 Å². The van der Waals surface area contributed by atoms with Crippen molar-refractivity contribution in [2.75, 3.05) is 30.1 Å². The van der Waals surface area contributed by atoms with E-state index in [-0.39, 0.29) is 34.6 Å². The second-order valence-electron chi connectivity index (χ2n) is 7.33. The van der Waals surface area contributed by atoms with E-state index in [9.17, 15) is 16.8 Å². The highest BCUT2D eigenvalue weighted by Gasteiger charge is 2.33. The van der Waals surface area contributed by atoms with Gasteiger partial charge in [-0.05, 0) is 58.4 Å². The van der Waals surface area contributed by atoms with Crippen LogP contribution >= 0.6 is 0 Å². The Morgan fingerprint density at radius 1 is 1.29 bits per heavy atom. The van der Waals surface area contributed by atoms with Gasteiger partial charge in [-0.1, -0.05) is 0 Å². The van der Waals surface area contributed by atoms with Crippen LogP contribution in [0.2, 0.25) is 0 Å². The molecule has 1 aliphatic heterocycles. The monoisotopic (exact) mass is 339 g/mol. The third kappa shape index (κ3) is 8.16. The lowest BCUT2D eigenvalue weighted by molar-refractivity contribution is 0.287. The maximum Gasteiger partial charge on any atom is 0.150 e. The highest BCUT2D eigenvalue weighted by Crippen LogP contribution is 2.29. The van der Waals surface area contributed by atoms with Crippen LogP contribution in [0.1, 0.15) is 40.0 Å². The quantitative estimate of drug-likeness (QED) is 0.755. The predicted octanol–water partition coefficient (Wildman–Crippen LogP) is 1.25. The van der Waals surface area contributed by atoms with Gasteiger partial charge in [-0.3, -0.25) is 0 Å². The first-order valence-corrected chi connectivity index (χ1v) is 11.4. The zero-order chi connectivity index (χ0) is 16.3. The summed E-state index contributed by atoms with van der Waals surface area (Å²) in [4.78, 5) is 0. The van der Waals surface area contributed by atoms with Crippen LogP contribution in [-0.2, 0) is 19.7 Å². The van der Waals surface area contributed by atoms with Crippen LogP contribution < -0.4 is 5.32 Å². The minimum atomic E-state index is -2.95. The van der Waals surface area contributed by atoms with E-state index in [1.54, 1.807) is 0 Å². The molecule has 0 aliphatic carbocycles. The third-order valence-corrected chi connectivity index (χ3v) is 6.74. The number of sulfone groups is 2. The van der Waals surface area contributed by atoms with Gasteiger partial charge in [0.1, 0.15) is 9.84 Å². The fourth-order valence-electron chi connectivity index (χ4n) is 2.74. The van der Waals surface area contributed by atoms with Crippen LogP contribution in [0.15, 0.2) is 0 Å². The first kappa shape index (κ1) is 18.9. The lowest BCUT2D eigenvalue weighted by Crippen LogP contribution is -2.41. The molecule has 0 aromatic rings. The van der Waals surface area contributed by atoms with Crippen molar-refractivity contribution in [3.05, 3.63) is 0 Å². The summed E-state index contributed by atoms with van der Waals surface area (Å²) in [6, 6.07) is 0. The van der Waals surface area contributed by atoms with Gasteiger partial charge in [-0.25, -0.2) is 16.8 Å². The van der Waals surface area contributed by atoms with Crippen molar-refractivity contribution in [1.29, 1.82) is 0 Å². The standard InChI is InChI=1S/C14H29NO4S2/c1-14(2,3)15-10-12(6-5-8-20(4,16)17)13-7-9-21(18,19)11-13/h12-13,15H,5-11H2,1-4H3. The summed E-state index contributed by atoms with van der Waals surface area (Å²) in [7, 11) is -5.84. The summed E-state index contributed by atoms with van der Waals surface area (Å²) in [5, 5.41) is 3.43. The number of hydrogen-bond acceptors (Lipinski definition) is 5. The van der Waals surface area contributed by atoms with Gasteiger partial charge < -0.3 is 5.32 Å². The van der Waals surface area contributed by atoms with E-state index in [0.29, 0.717) is 12.8 Å². The Labute approximate surface area is 129 Å². The fraction of sp³-hybridized carbons (Fsp3) is 1.00. The molecule has 0 spiro atoms. The highest BCUT2D eigenvalue weighted by molar-refractivity contribution is 7.91. The van der Waals surface area contributed by atoms with Gasteiger partial charge >= 0.3 is 0 Å². The van der Waals surface area contributed by atoms with Crippen LogP contribution in [-0.4, -0.2) is 52.4 Å². The predicted molar refractivity (Wildman–Crippen MR) is 87.0 cm³/mol. The average molecular weight is 340 g/mol. The van der Waals surface area contributed by atoms with E-state index in [2.05, 4.69) is 26.1 Å². The summed E-state index contributed by atoms with van der Waals surface area (Å²) >= 11 is 0. The maximum atomic E-state index is 11.7. The summed E-state index contributed by atoms with van der Waals surface area (Å²) in [5.41, 5.74) is -0.0213. The minimum Gasteiger partial charge on any atom is -0.312 e. The summed E-state index contributed by atoms with van der Waals surface area (Å²) in [6.45, 7) is 6.97. The average Bonchev–Trinajstić information content (AvgIpc) is 2.60. The molecule has 2 unspecified atom stereocenters. The van der Waals surface area contributed by atoms with Crippen molar-refractivity contribution < 1.29 is 16.8 Å². The van der Waals surface area contributed by atoms with E-state index in [0.717, 1.165) is 13.0 Å². The maximum absolute atomic E-state index is 11.7. The molecule has 2 atom stereocenters. The molecular formula is C14H29NO4S2. The van der Waals surface area contributed by atoms with Crippen LogP contribution in [0.5, 0.6) is 0 Å². The van der Waals surface area contributed by atoms with Crippen LogP contribution in [0.4, 0.5) is 0 Å². The molecule has 1 aliphatic rings. The van der Waals surface area contributed by atoms with Gasteiger partial charge in [0, 0.05) is 17.5 Å². The molecule has 7 heteroatoms. The number of hydrogen-bond donors (Lipinski definition) is 1. The Bertz CT molecular complexity index is 532. The van der Waals surface area contributed by atoms with Gasteiger partial charge in [0.15, 0.2) is 9.84 Å². The molecule has 1 rings (SSSR count). The summed E-state index contributed by atoms with van der Waals surface area (Å²) in [5.74, 6) is 1.09. The van der Waals surface area contributed by atoms with Crippen molar-refractivity contribution in [3.8, 4) is 0 Å². The fourth-order valence-corrected chi connectivity index (χ4v) is 5.36. The Kier molecular flexibility index (Phi) is 6.27. The molecule has 1 heterocycles. The SMILES string of the molecule is CC(C)(C)NCC(CCCS(C)(=O)=O)C1CCS(=O)(=O)C1. The van der Waals surface area contributed by atoms with Crippen molar-refractivity contribution in [2.45, 2.75) is 45.6 Å². The van der Waals surface area contributed by atoms with Crippen LogP contribution in [0.25, 0.3) is 0 Å². The molecule has 0 aromatic heterocycles. The van der Waals surface area contributed by atoms with Crippen molar-refractivity contribution in [2.24, 2.45) is 11.8 Å². The van der Waals surface area contributed by atoms with Gasteiger partial charge in [0.25, 0.3) is 0 Å². The number of nitrogens with one attached hydrogen (secondary N) is 1. The molecule has 21 heavy (non-hydrogen) atoms. The van der Waals surface area contributed by atoms with E-state index < -0.39 is 19.7 Å². The van der Waals surface area contributed by atoms with Gasteiger partial charge in [0.2, 0.25) is 0 Å². The topological polar surface area (TPSA) is 80.3 Å². The van der Waals surface area contributed by atoms with Crippen molar-refractivity contribution >= 4 is 19.7 Å². The largest absolute Gasteiger partial charge is 0.312 e. The molecule has 0 saturated carbocycles. The Hall–Kier alpha value is -0.140. The molecule has 0 aromatic carbocycles. The second-order valence-corrected chi connectivity index (χ2v) is 11.8. The first-order chi connectivity index (χ1) is 9.38. The Morgan fingerprint density at radius 2 is 1.90 bits per heavy atom. The Balaban J connectivity index is 2.62. The zero-order valence-corrected chi connectivity index (χ0v) is 15.2. The van der Waals surface area contributed by atoms with E-state index >= 15 is 0 Å². The van der Waals surface area contributed by atoms with Crippen LogP contribution in [0, 0.1) is 11.8 Å². The number of rotatable bonds is 7. The summed E-state index contributed by atoms with van der Waals surface area (Å²) < 4.78 is 45.8. The molecule has 1 saturated heterocycles. The molecule has 0 amide bonds. The highest BCUT2D eigenvalue weighted by atomic mass is 32.2. The van der Waals surface area contributed by atoms with Crippen LogP contribution in [0.3, 0.4) is 0 Å². The molecular weight excluding hydrogens is 310 g/mol. The molecule has 1 fully saturated rings. The lowest BCUT2D eigenvalue weighted by atomic mass is 9.87. The minimum absolute atomic E-state index is 0.0213. The van der Waals surface area contributed by atoms with E-state index in [1.165, 1.54) is 6.26 Å². The molecule has 1 N–H and O–H groups in total. The second kappa shape index (κ2) is 6.96. The van der Waals surface area contributed by atoms with Gasteiger partial charge in [0.05, 0.1) is 11.5 Å². The molecule has 0 bridgehead atoms. The third-order valence-electron chi connectivity index (χ3n) is 3.92.